The maximum Gasteiger partial charge on any atom is 0.410 e. The average Bonchev–Trinajstić information content (AvgIpc) is 2.58. The number of carbonyl (C=O) groups excluding carboxylic acids is 2. The van der Waals surface area contributed by atoms with E-state index in [4.69, 9.17) is 9.47 Å². The number of ether oxygens (including phenoxy) is 2. The average molecular weight is 379 g/mol. The van der Waals surface area contributed by atoms with E-state index in [-0.39, 0.29) is 24.3 Å². The van der Waals surface area contributed by atoms with E-state index in [0.717, 1.165) is 0 Å². The molecule has 1 heterocycles. The van der Waals surface area contributed by atoms with Crippen molar-refractivity contribution in [3.63, 3.8) is 0 Å². The number of hydrogen-bond acceptors (Lipinski definition) is 6. The topological polar surface area (TPSA) is 102 Å². The van der Waals surface area contributed by atoms with Gasteiger partial charge in [0.25, 0.3) is 11.6 Å². The number of amides is 2. The molecule has 0 spiro atoms. The SMILES string of the molecule is Cc1cc(OCC(=O)N2CCN(C(=O)OC(C)(C)C)CC2)ccc1[N+](=O)[O-]. The van der Waals surface area contributed by atoms with Crippen molar-refractivity contribution in [3.8, 4) is 5.75 Å². The normalized spacial score (nSPS) is 14.7. The van der Waals surface area contributed by atoms with E-state index in [0.29, 0.717) is 37.5 Å². The molecule has 2 rings (SSSR count). The van der Waals surface area contributed by atoms with Gasteiger partial charge in [0.1, 0.15) is 11.4 Å². The summed E-state index contributed by atoms with van der Waals surface area (Å²) in [5.74, 6) is 0.202. The van der Waals surface area contributed by atoms with Gasteiger partial charge in [-0.05, 0) is 39.8 Å². The number of hydrogen-bond donors (Lipinski definition) is 0. The van der Waals surface area contributed by atoms with Crippen molar-refractivity contribution in [1.29, 1.82) is 0 Å². The Bertz CT molecular complexity index is 720. The molecular weight excluding hydrogens is 354 g/mol. The van der Waals surface area contributed by atoms with Gasteiger partial charge in [0, 0.05) is 37.8 Å². The highest BCUT2D eigenvalue weighted by Gasteiger charge is 2.27. The summed E-state index contributed by atoms with van der Waals surface area (Å²) in [7, 11) is 0. The molecule has 1 saturated heterocycles. The van der Waals surface area contributed by atoms with Crippen molar-refractivity contribution >= 4 is 17.7 Å². The zero-order valence-electron chi connectivity index (χ0n) is 16.1. The van der Waals surface area contributed by atoms with Crippen molar-refractivity contribution in [2.24, 2.45) is 0 Å². The minimum atomic E-state index is -0.555. The largest absolute Gasteiger partial charge is 0.484 e. The second kappa shape index (κ2) is 8.24. The van der Waals surface area contributed by atoms with Crippen molar-refractivity contribution < 1.29 is 24.0 Å². The van der Waals surface area contributed by atoms with Crippen LogP contribution in [0.15, 0.2) is 18.2 Å². The van der Waals surface area contributed by atoms with E-state index >= 15 is 0 Å². The number of nitrogens with zero attached hydrogens (tertiary/aromatic N) is 3. The first-order valence-electron chi connectivity index (χ1n) is 8.70. The van der Waals surface area contributed by atoms with Crippen molar-refractivity contribution in [2.75, 3.05) is 32.8 Å². The lowest BCUT2D eigenvalue weighted by molar-refractivity contribution is -0.385. The van der Waals surface area contributed by atoms with Crippen molar-refractivity contribution in [2.45, 2.75) is 33.3 Å². The van der Waals surface area contributed by atoms with Gasteiger partial charge >= 0.3 is 6.09 Å². The smallest absolute Gasteiger partial charge is 0.410 e. The molecule has 0 aromatic heterocycles. The van der Waals surface area contributed by atoms with Crippen LogP contribution in [0.1, 0.15) is 26.3 Å². The first kappa shape index (κ1) is 20.5. The predicted molar refractivity (Wildman–Crippen MR) is 97.7 cm³/mol. The lowest BCUT2D eigenvalue weighted by Gasteiger charge is -2.35. The lowest BCUT2D eigenvalue weighted by Crippen LogP contribution is -2.52. The Balaban J connectivity index is 1.82. The van der Waals surface area contributed by atoms with Crippen LogP contribution in [0.25, 0.3) is 0 Å². The number of aryl methyl sites for hydroxylation is 1. The molecule has 1 aliphatic heterocycles. The molecule has 27 heavy (non-hydrogen) atoms. The lowest BCUT2D eigenvalue weighted by atomic mass is 10.2. The van der Waals surface area contributed by atoms with Crippen LogP contribution in [-0.2, 0) is 9.53 Å². The zero-order chi connectivity index (χ0) is 20.2. The van der Waals surface area contributed by atoms with E-state index < -0.39 is 10.5 Å². The van der Waals surface area contributed by atoms with Crippen molar-refractivity contribution in [1.82, 2.24) is 9.80 Å². The highest BCUT2D eigenvalue weighted by atomic mass is 16.6. The van der Waals surface area contributed by atoms with Crippen LogP contribution in [-0.4, -0.2) is 65.1 Å². The Morgan fingerprint density at radius 1 is 1.15 bits per heavy atom. The first-order chi connectivity index (χ1) is 12.6. The molecule has 9 heteroatoms. The second-order valence-electron chi connectivity index (χ2n) is 7.34. The fourth-order valence-electron chi connectivity index (χ4n) is 2.62. The third kappa shape index (κ3) is 5.83. The number of benzene rings is 1. The van der Waals surface area contributed by atoms with Crippen molar-refractivity contribution in [3.05, 3.63) is 33.9 Å². The number of nitro groups is 1. The number of carbonyl (C=O) groups is 2. The van der Waals surface area contributed by atoms with Gasteiger partial charge < -0.3 is 19.3 Å². The van der Waals surface area contributed by atoms with Crippen LogP contribution in [0.3, 0.4) is 0 Å². The fraction of sp³-hybridized carbons (Fsp3) is 0.556. The molecule has 2 amide bonds. The minimum absolute atomic E-state index is 0.00643. The Kier molecular flexibility index (Phi) is 6.24. The van der Waals surface area contributed by atoms with Gasteiger partial charge in [-0.3, -0.25) is 14.9 Å². The van der Waals surface area contributed by atoms with Gasteiger partial charge in [-0.25, -0.2) is 4.79 Å². The van der Waals surface area contributed by atoms with Gasteiger partial charge in [0.15, 0.2) is 6.61 Å². The van der Waals surface area contributed by atoms with Crippen LogP contribution in [0.5, 0.6) is 5.75 Å². The molecule has 1 fully saturated rings. The first-order valence-corrected chi connectivity index (χ1v) is 8.70. The summed E-state index contributed by atoms with van der Waals surface area (Å²) in [4.78, 5) is 37.9. The summed E-state index contributed by atoms with van der Waals surface area (Å²) in [6.45, 7) is 8.48. The molecule has 148 valence electrons. The van der Waals surface area contributed by atoms with Gasteiger partial charge in [-0.1, -0.05) is 0 Å². The summed E-state index contributed by atoms with van der Waals surface area (Å²) < 4.78 is 10.8. The van der Waals surface area contributed by atoms with E-state index in [9.17, 15) is 19.7 Å². The molecular formula is C18H25N3O6. The van der Waals surface area contributed by atoms with Gasteiger partial charge in [-0.2, -0.15) is 0 Å². The molecule has 0 saturated carbocycles. The molecule has 0 aliphatic carbocycles. The van der Waals surface area contributed by atoms with Gasteiger partial charge in [0.05, 0.1) is 4.92 Å². The monoisotopic (exact) mass is 379 g/mol. The molecule has 9 nitrogen and oxygen atoms in total. The van der Waals surface area contributed by atoms with Crippen LogP contribution in [0, 0.1) is 17.0 Å². The quantitative estimate of drug-likeness (QED) is 0.588. The maximum absolute atomic E-state index is 12.3. The van der Waals surface area contributed by atoms with Crippen LogP contribution in [0.4, 0.5) is 10.5 Å². The Morgan fingerprint density at radius 3 is 2.26 bits per heavy atom. The summed E-state index contributed by atoms with van der Waals surface area (Å²) in [6, 6.07) is 4.36. The van der Waals surface area contributed by atoms with E-state index in [2.05, 4.69) is 0 Å². The van der Waals surface area contributed by atoms with Crippen LogP contribution >= 0.6 is 0 Å². The second-order valence-corrected chi connectivity index (χ2v) is 7.34. The highest BCUT2D eigenvalue weighted by Crippen LogP contribution is 2.23. The zero-order valence-corrected chi connectivity index (χ0v) is 16.1. The molecule has 0 radical (unpaired) electrons. The molecule has 1 aliphatic rings. The molecule has 0 atom stereocenters. The van der Waals surface area contributed by atoms with E-state index in [1.165, 1.54) is 18.2 Å². The van der Waals surface area contributed by atoms with E-state index in [1.54, 1.807) is 16.7 Å². The molecule has 1 aromatic rings. The fourth-order valence-corrected chi connectivity index (χ4v) is 2.62. The third-order valence-electron chi connectivity index (χ3n) is 4.01. The Hall–Kier alpha value is -2.84. The van der Waals surface area contributed by atoms with Crippen LogP contribution in [0.2, 0.25) is 0 Å². The molecule has 0 unspecified atom stereocenters. The summed E-state index contributed by atoms with van der Waals surface area (Å²) in [5, 5.41) is 10.8. The highest BCUT2D eigenvalue weighted by molar-refractivity contribution is 5.78. The third-order valence-corrected chi connectivity index (χ3v) is 4.01. The Morgan fingerprint density at radius 2 is 1.74 bits per heavy atom. The number of nitro benzene ring substituents is 1. The number of piperazine rings is 1. The Labute approximate surface area is 158 Å². The standard InChI is InChI=1S/C18H25N3O6/c1-13-11-14(5-6-15(13)21(24)25)26-12-16(22)19-7-9-20(10-8-19)17(23)27-18(2,3)4/h5-6,11H,7-10,12H2,1-4H3. The maximum atomic E-state index is 12.3. The molecule has 0 N–H and O–H groups in total. The summed E-state index contributed by atoms with van der Waals surface area (Å²) >= 11 is 0. The molecule has 1 aromatic carbocycles. The van der Waals surface area contributed by atoms with Gasteiger partial charge in [-0.15, -0.1) is 0 Å². The molecule has 0 bridgehead atoms. The van der Waals surface area contributed by atoms with Crippen LogP contribution < -0.4 is 4.74 Å². The predicted octanol–water partition coefficient (Wildman–Crippen LogP) is 2.36. The summed E-state index contributed by atoms with van der Waals surface area (Å²) in [5.41, 5.74) is -0.0799. The van der Waals surface area contributed by atoms with Gasteiger partial charge in [0.2, 0.25) is 0 Å². The summed E-state index contributed by atoms with van der Waals surface area (Å²) in [6.07, 6.45) is -0.382. The van der Waals surface area contributed by atoms with E-state index in [1.807, 2.05) is 20.8 Å². The number of rotatable bonds is 4. The minimum Gasteiger partial charge on any atom is -0.484 e.